The first-order valence-corrected chi connectivity index (χ1v) is 7.07. The molecule has 19 heavy (non-hydrogen) atoms. The smallest absolute Gasteiger partial charge is 0.494 e. The summed E-state index contributed by atoms with van der Waals surface area (Å²) in [4.78, 5) is 0. The Kier molecular flexibility index (Phi) is 6.48. The molecule has 1 aromatic carbocycles. The van der Waals surface area contributed by atoms with Crippen LogP contribution < -0.4 is 9.47 Å². The third kappa shape index (κ3) is 7.30. The van der Waals surface area contributed by atoms with Crippen LogP contribution in [0, 0.1) is 5.92 Å². The molecule has 0 fully saturated rings. The number of benzene rings is 1. The lowest BCUT2D eigenvalue weighted by Gasteiger charge is -2.12. The molecule has 0 radical (unpaired) electrons. The van der Waals surface area contributed by atoms with Crippen molar-refractivity contribution >= 4 is 15.9 Å². The summed E-state index contributed by atoms with van der Waals surface area (Å²) in [5.41, 5.74) is 0. The van der Waals surface area contributed by atoms with Crippen LogP contribution in [-0.4, -0.2) is 18.3 Å². The van der Waals surface area contributed by atoms with Crippen LogP contribution in [0.2, 0.25) is 0 Å². The topological polar surface area (TPSA) is 18.5 Å². The number of hydrogen-bond acceptors (Lipinski definition) is 2. The Bertz CT molecular complexity index is 365. The van der Waals surface area contributed by atoms with Gasteiger partial charge in [0, 0.05) is 5.33 Å². The summed E-state index contributed by atoms with van der Waals surface area (Å²) in [5, 5.41) is 0.956. The molecule has 0 saturated carbocycles. The monoisotopic (exact) mass is 340 g/mol. The van der Waals surface area contributed by atoms with Gasteiger partial charge in [0.15, 0.2) is 0 Å². The van der Waals surface area contributed by atoms with E-state index < -0.39 is 6.36 Å². The van der Waals surface area contributed by atoms with Gasteiger partial charge in [0.05, 0.1) is 6.61 Å². The molecule has 0 aliphatic heterocycles. The van der Waals surface area contributed by atoms with E-state index >= 15 is 0 Å². The Morgan fingerprint density at radius 1 is 1.11 bits per heavy atom. The molecule has 0 aromatic heterocycles. The van der Waals surface area contributed by atoms with E-state index in [1.807, 2.05) is 0 Å². The van der Waals surface area contributed by atoms with E-state index in [-0.39, 0.29) is 5.75 Å². The molecule has 1 rings (SSSR count). The highest BCUT2D eigenvalue weighted by atomic mass is 79.9. The van der Waals surface area contributed by atoms with Crippen LogP contribution >= 0.6 is 15.9 Å². The van der Waals surface area contributed by atoms with E-state index in [0.29, 0.717) is 18.3 Å². The fraction of sp³-hybridized carbons (Fsp3) is 0.538. The molecule has 0 bridgehead atoms. The van der Waals surface area contributed by atoms with Crippen molar-refractivity contribution < 1.29 is 22.6 Å². The maximum absolute atomic E-state index is 11.9. The standard InChI is InChI=1S/C13H16BrF3O2/c1-10(6-8-14)7-9-18-11-2-4-12(5-3-11)19-13(15,16)17/h2-5,10H,6-9H2,1H3. The summed E-state index contributed by atoms with van der Waals surface area (Å²) in [6.07, 6.45) is -2.68. The highest BCUT2D eigenvalue weighted by Crippen LogP contribution is 2.24. The second kappa shape index (κ2) is 7.62. The highest BCUT2D eigenvalue weighted by molar-refractivity contribution is 9.09. The van der Waals surface area contributed by atoms with E-state index in [2.05, 4.69) is 27.6 Å². The van der Waals surface area contributed by atoms with Crippen molar-refractivity contribution in [3.05, 3.63) is 24.3 Å². The van der Waals surface area contributed by atoms with Crippen LogP contribution in [0.25, 0.3) is 0 Å². The second-order valence-corrected chi connectivity index (χ2v) is 5.03. The number of alkyl halides is 4. The summed E-state index contributed by atoms with van der Waals surface area (Å²) in [6.45, 7) is 2.68. The largest absolute Gasteiger partial charge is 0.573 e. The van der Waals surface area contributed by atoms with Crippen molar-refractivity contribution in [2.24, 2.45) is 5.92 Å². The molecule has 1 aromatic rings. The van der Waals surface area contributed by atoms with Gasteiger partial charge in [-0.3, -0.25) is 0 Å². The number of halogens is 4. The molecule has 0 spiro atoms. The first kappa shape index (κ1) is 16.1. The first-order chi connectivity index (χ1) is 8.90. The Balaban J connectivity index is 2.36. The zero-order valence-corrected chi connectivity index (χ0v) is 12.1. The molecule has 108 valence electrons. The minimum atomic E-state index is -4.66. The van der Waals surface area contributed by atoms with Crippen LogP contribution in [0.15, 0.2) is 24.3 Å². The highest BCUT2D eigenvalue weighted by Gasteiger charge is 2.30. The van der Waals surface area contributed by atoms with E-state index in [1.54, 1.807) is 0 Å². The predicted octanol–water partition coefficient (Wildman–Crippen LogP) is 4.78. The molecule has 0 N–H and O–H groups in total. The Morgan fingerprint density at radius 3 is 2.21 bits per heavy atom. The van der Waals surface area contributed by atoms with Gasteiger partial charge in [-0.1, -0.05) is 22.9 Å². The lowest BCUT2D eigenvalue weighted by atomic mass is 10.1. The average molecular weight is 341 g/mol. The van der Waals surface area contributed by atoms with E-state index in [1.165, 1.54) is 24.3 Å². The van der Waals surface area contributed by atoms with E-state index in [0.717, 1.165) is 18.2 Å². The molecule has 1 atom stereocenters. The van der Waals surface area contributed by atoms with Crippen molar-refractivity contribution in [1.82, 2.24) is 0 Å². The van der Waals surface area contributed by atoms with Crippen molar-refractivity contribution in [3.63, 3.8) is 0 Å². The molecule has 0 heterocycles. The summed E-state index contributed by atoms with van der Waals surface area (Å²) < 4.78 is 45.1. The number of ether oxygens (including phenoxy) is 2. The lowest BCUT2D eigenvalue weighted by Crippen LogP contribution is -2.17. The first-order valence-electron chi connectivity index (χ1n) is 5.95. The van der Waals surface area contributed by atoms with Gasteiger partial charge in [-0.25, -0.2) is 0 Å². The molecule has 0 amide bonds. The molecular weight excluding hydrogens is 325 g/mol. The van der Waals surface area contributed by atoms with Gasteiger partial charge in [-0.15, -0.1) is 13.2 Å². The van der Waals surface area contributed by atoms with E-state index in [4.69, 9.17) is 4.74 Å². The predicted molar refractivity (Wildman–Crippen MR) is 70.8 cm³/mol. The lowest BCUT2D eigenvalue weighted by molar-refractivity contribution is -0.274. The molecular formula is C13H16BrF3O2. The zero-order chi connectivity index (χ0) is 14.3. The Morgan fingerprint density at radius 2 is 1.68 bits per heavy atom. The van der Waals surface area contributed by atoms with Gasteiger partial charge >= 0.3 is 6.36 Å². The minimum Gasteiger partial charge on any atom is -0.494 e. The molecule has 0 aliphatic rings. The maximum atomic E-state index is 11.9. The summed E-state index contributed by atoms with van der Waals surface area (Å²) in [7, 11) is 0. The van der Waals surface area contributed by atoms with Crippen LogP contribution in [0.4, 0.5) is 13.2 Å². The molecule has 2 nitrogen and oxygen atoms in total. The Hall–Kier alpha value is -0.910. The third-order valence-corrected chi connectivity index (χ3v) is 3.00. The SMILES string of the molecule is CC(CCBr)CCOc1ccc(OC(F)(F)F)cc1. The maximum Gasteiger partial charge on any atom is 0.573 e. The van der Waals surface area contributed by atoms with Crippen molar-refractivity contribution in [2.45, 2.75) is 26.1 Å². The third-order valence-electron chi connectivity index (χ3n) is 2.54. The van der Waals surface area contributed by atoms with E-state index in [9.17, 15) is 13.2 Å². The minimum absolute atomic E-state index is 0.243. The fourth-order valence-electron chi connectivity index (χ4n) is 1.45. The summed E-state index contributed by atoms with van der Waals surface area (Å²) in [5.74, 6) is 0.847. The van der Waals surface area contributed by atoms with Crippen molar-refractivity contribution in [3.8, 4) is 11.5 Å². The second-order valence-electron chi connectivity index (χ2n) is 4.24. The van der Waals surface area contributed by atoms with Gasteiger partial charge in [0.1, 0.15) is 11.5 Å². The molecule has 6 heteroatoms. The average Bonchev–Trinajstić information content (AvgIpc) is 2.30. The molecule has 1 unspecified atom stereocenters. The number of rotatable bonds is 7. The van der Waals surface area contributed by atoms with Crippen molar-refractivity contribution in [1.29, 1.82) is 0 Å². The van der Waals surface area contributed by atoms with Gasteiger partial charge in [0.25, 0.3) is 0 Å². The van der Waals surface area contributed by atoms with Crippen LogP contribution in [0.5, 0.6) is 11.5 Å². The Labute approximate surface area is 119 Å². The van der Waals surface area contributed by atoms with Gasteiger partial charge in [0.2, 0.25) is 0 Å². The van der Waals surface area contributed by atoms with Gasteiger partial charge in [-0.05, 0) is 43.0 Å². The molecule has 0 aliphatic carbocycles. The summed E-state index contributed by atoms with van der Waals surface area (Å²) in [6, 6.07) is 5.42. The zero-order valence-electron chi connectivity index (χ0n) is 10.5. The van der Waals surface area contributed by atoms with Gasteiger partial charge in [-0.2, -0.15) is 0 Å². The van der Waals surface area contributed by atoms with Crippen LogP contribution in [-0.2, 0) is 0 Å². The van der Waals surface area contributed by atoms with Crippen LogP contribution in [0.1, 0.15) is 19.8 Å². The number of hydrogen-bond donors (Lipinski definition) is 0. The van der Waals surface area contributed by atoms with Gasteiger partial charge < -0.3 is 9.47 Å². The fourth-order valence-corrected chi connectivity index (χ4v) is 2.23. The molecule has 0 saturated heterocycles. The van der Waals surface area contributed by atoms with Crippen molar-refractivity contribution in [2.75, 3.05) is 11.9 Å². The quantitative estimate of drug-likeness (QED) is 0.665. The normalized spacial score (nSPS) is 13.1. The summed E-state index contributed by atoms with van der Waals surface area (Å²) >= 11 is 3.37. The van der Waals surface area contributed by atoms with Crippen LogP contribution in [0.3, 0.4) is 0 Å².